The van der Waals surface area contributed by atoms with E-state index in [1.165, 1.54) is 0 Å². The Morgan fingerprint density at radius 3 is 2.28 bits per heavy atom. The summed E-state index contributed by atoms with van der Waals surface area (Å²) in [6, 6.07) is 8.11. The van der Waals surface area contributed by atoms with Gasteiger partial charge in [-0.2, -0.15) is 0 Å². The number of hydrogen-bond donors (Lipinski definition) is 1. The van der Waals surface area contributed by atoms with E-state index in [0.717, 1.165) is 12.1 Å². The van der Waals surface area contributed by atoms with Crippen molar-refractivity contribution >= 4 is 35.2 Å². The predicted octanol–water partition coefficient (Wildman–Crippen LogP) is 4.13. The number of carbonyl (C=O) groups excluding carboxylic acids is 3. The summed E-state index contributed by atoms with van der Waals surface area (Å²) in [5.41, 5.74) is 0.759. The van der Waals surface area contributed by atoms with E-state index in [9.17, 15) is 19.5 Å². The summed E-state index contributed by atoms with van der Waals surface area (Å²) in [5, 5.41) is 10.5. The van der Waals surface area contributed by atoms with Gasteiger partial charge in [0.1, 0.15) is 6.04 Å². The number of amides is 3. The first kappa shape index (κ1) is 29.4. The van der Waals surface area contributed by atoms with Gasteiger partial charge in [-0.1, -0.05) is 44.2 Å². The molecule has 4 rings (SSSR count). The smallest absolute Gasteiger partial charge is 0.247 e. The van der Waals surface area contributed by atoms with E-state index >= 15 is 0 Å². The molecule has 3 aliphatic heterocycles. The van der Waals surface area contributed by atoms with Crippen LogP contribution in [-0.2, 0) is 14.4 Å². The molecular weight excluding hydrogens is 510 g/mol. The number of likely N-dealkylation sites (tertiary alicyclic amines) is 1. The van der Waals surface area contributed by atoms with E-state index < -0.39 is 33.4 Å². The lowest BCUT2D eigenvalue weighted by Crippen LogP contribution is -2.59. The minimum atomic E-state index is -0.758. The molecule has 3 amide bonds. The van der Waals surface area contributed by atoms with Crippen molar-refractivity contribution in [3.05, 3.63) is 55.6 Å². The summed E-state index contributed by atoms with van der Waals surface area (Å²) >= 11 is 1.66. The minimum Gasteiger partial charge on any atom is -0.394 e. The summed E-state index contributed by atoms with van der Waals surface area (Å²) in [4.78, 5) is 48.6. The molecule has 39 heavy (non-hydrogen) atoms. The first-order valence-electron chi connectivity index (χ1n) is 14.0. The van der Waals surface area contributed by atoms with Gasteiger partial charge in [0.2, 0.25) is 17.7 Å². The van der Waals surface area contributed by atoms with Crippen molar-refractivity contribution in [2.45, 2.75) is 75.1 Å². The standard InChI is InChI=1S/C31H43N3O4S/c1-8-17-32(21(5)6)29(38)26-31-16-15-30(7,39-31)24(25(31)28(37)34(26)23(19-35)20(3)4)27(36)33(18-9-2)22-13-11-10-12-14-22/h8-14,20-21,23-26,35H,1-2,15-19H2,3-7H3/t23-,24-,25-,26?,30+,31?/m0/s1. The van der Waals surface area contributed by atoms with Crippen LogP contribution in [0.15, 0.2) is 55.6 Å². The van der Waals surface area contributed by atoms with Gasteiger partial charge in [-0.05, 0) is 51.7 Å². The molecule has 7 nitrogen and oxygen atoms in total. The molecule has 0 saturated carbocycles. The second-order valence-electron chi connectivity index (χ2n) is 11.9. The highest BCUT2D eigenvalue weighted by Gasteiger charge is 2.78. The lowest BCUT2D eigenvalue weighted by Gasteiger charge is -2.41. The molecule has 212 valence electrons. The monoisotopic (exact) mass is 553 g/mol. The third kappa shape index (κ3) is 4.63. The molecule has 3 fully saturated rings. The average Bonchev–Trinajstić information content (AvgIpc) is 3.46. The Labute approximate surface area is 237 Å². The molecule has 2 bridgehead atoms. The highest BCUT2D eigenvalue weighted by atomic mass is 32.2. The molecule has 8 heteroatoms. The van der Waals surface area contributed by atoms with Gasteiger partial charge in [-0.25, -0.2) is 0 Å². The van der Waals surface area contributed by atoms with Crippen molar-refractivity contribution < 1.29 is 19.5 Å². The summed E-state index contributed by atoms with van der Waals surface area (Å²) in [5.74, 6) is -1.74. The minimum absolute atomic E-state index is 0.0649. The molecular formula is C31H43N3O4S. The third-order valence-electron chi connectivity index (χ3n) is 8.91. The lowest BCUT2D eigenvalue weighted by molar-refractivity contribution is -0.147. The predicted molar refractivity (Wildman–Crippen MR) is 157 cm³/mol. The fourth-order valence-electron chi connectivity index (χ4n) is 7.08. The topological polar surface area (TPSA) is 81.2 Å². The van der Waals surface area contributed by atoms with Crippen LogP contribution >= 0.6 is 11.8 Å². The van der Waals surface area contributed by atoms with E-state index in [4.69, 9.17) is 0 Å². The van der Waals surface area contributed by atoms with Gasteiger partial charge in [-0.15, -0.1) is 24.9 Å². The highest BCUT2D eigenvalue weighted by molar-refractivity contribution is 8.02. The van der Waals surface area contributed by atoms with Crippen LogP contribution in [-0.4, -0.2) is 79.9 Å². The third-order valence-corrected chi connectivity index (χ3v) is 10.9. The van der Waals surface area contributed by atoms with Gasteiger partial charge in [0, 0.05) is 29.6 Å². The fourth-order valence-corrected chi connectivity index (χ4v) is 9.41. The molecule has 3 heterocycles. The van der Waals surface area contributed by atoms with Crippen LogP contribution in [0.4, 0.5) is 5.69 Å². The van der Waals surface area contributed by atoms with Gasteiger partial charge >= 0.3 is 0 Å². The van der Waals surface area contributed by atoms with Crippen LogP contribution in [0.3, 0.4) is 0 Å². The lowest BCUT2D eigenvalue weighted by atomic mass is 9.66. The Morgan fingerprint density at radius 2 is 1.74 bits per heavy atom. The van der Waals surface area contributed by atoms with Crippen LogP contribution < -0.4 is 4.90 Å². The van der Waals surface area contributed by atoms with Crippen molar-refractivity contribution in [3.63, 3.8) is 0 Å². The molecule has 6 atom stereocenters. The number of anilines is 1. The maximum absolute atomic E-state index is 14.5. The van der Waals surface area contributed by atoms with E-state index in [2.05, 4.69) is 20.1 Å². The number of carbonyl (C=O) groups is 3. The number of para-hydroxylation sites is 1. The summed E-state index contributed by atoms with van der Waals surface area (Å²) in [6.45, 7) is 18.1. The number of rotatable bonds is 11. The van der Waals surface area contributed by atoms with Crippen molar-refractivity contribution in [3.8, 4) is 0 Å². The fraction of sp³-hybridized carbons (Fsp3) is 0.581. The van der Waals surface area contributed by atoms with Gasteiger partial charge in [0.15, 0.2) is 0 Å². The number of thioether (sulfide) groups is 1. The molecule has 1 spiro atoms. The van der Waals surface area contributed by atoms with Gasteiger partial charge in [0.25, 0.3) is 0 Å². The van der Waals surface area contributed by atoms with Crippen molar-refractivity contribution in [2.24, 2.45) is 17.8 Å². The quantitative estimate of drug-likeness (QED) is 0.417. The van der Waals surface area contributed by atoms with Gasteiger partial charge in [0.05, 0.1) is 29.2 Å². The Morgan fingerprint density at radius 1 is 1.10 bits per heavy atom. The van der Waals surface area contributed by atoms with Crippen LogP contribution in [0, 0.1) is 17.8 Å². The van der Waals surface area contributed by atoms with Crippen molar-refractivity contribution in [2.75, 3.05) is 24.6 Å². The number of fused-ring (bicyclic) bond motifs is 1. The first-order chi connectivity index (χ1) is 18.5. The molecule has 1 N–H and O–H groups in total. The Kier molecular flexibility index (Phi) is 8.39. The largest absolute Gasteiger partial charge is 0.394 e. The average molecular weight is 554 g/mol. The molecule has 3 saturated heterocycles. The molecule has 0 radical (unpaired) electrons. The molecule has 2 unspecified atom stereocenters. The zero-order valence-corrected chi connectivity index (χ0v) is 24.7. The number of aliphatic hydroxyl groups excluding tert-OH is 1. The highest BCUT2D eigenvalue weighted by Crippen LogP contribution is 2.72. The zero-order valence-electron chi connectivity index (χ0n) is 23.9. The summed E-state index contributed by atoms with van der Waals surface area (Å²) in [6.07, 6.45) is 4.82. The van der Waals surface area contributed by atoms with Crippen LogP contribution in [0.25, 0.3) is 0 Å². The van der Waals surface area contributed by atoms with Gasteiger partial charge < -0.3 is 19.8 Å². The zero-order chi connectivity index (χ0) is 28.7. The van der Waals surface area contributed by atoms with Crippen molar-refractivity contribution in [1.82, 2.24) is 9.80 Å². The summed E-state index contributed by atoms with van der Waals surface area (Å²) < 4.78 is -1.22. The van der Waals surface area contributed by atoms with E-state index in [1.807, 2.05) is 58.0 Å². The van der Waals surface area contributed by atoms with Gasteiger partial charge in [-0.3, -0.25) is 14.4 Å². The Hall–Kier alpha value is -2.58. The van der Waals surface area contributed by atoms with E-state index in [0.29, 0.717) is 19.5 Å². The first-order valence-corrected chi connectivity index (χ1v) is 14.8. The maximum atomic E-state index is 14.5. The molecule has 0 aliphatic carbocycles. The van der Waals surface area contributed by atoms with E-state index in [1.54, 1.807) is 38.6 Å². The number of aliphatic hydroxyl groups is 1. The Balaban J connectivity index is 1.85. The number of benzene rings is 1. The SMILES string of the molecule is C=CCN(C(=O)[C@@H]1[C@H]2C(=O)N([C@@H](CO)C(C)C)C(C(=O)N(CC=C)C(C)C)C23CC[C@@]1(C)S3)c1ccccc1. The summed E-state index contributed by atoms with van der Waals surface area (Å²) in [7, 11) is 0. The molecule has 0 aromatic heterocycles. The molecule has 1 aromatic rings. The second-order valence-corrected chi connectivity index (χ2v) is 13.8. The van der Waals surface area contributed by atoms with Crippen LogP contribution in [0.5, 0.6) is 0 Å². The number of nitrogens with zero attached hydrogens (tertiary/aromatic N) is 3. The van der Waals surface area contributed by atoms with Crippen LogP contribution in [0.1, 0.15) is 47.5 Å². The Bertz CT molecular complexity index is 1120. The number of hydrogen-bond acceptors (Lipinski definition) is 5. The van der Waals surface area contributed by atoms with Crippen LogP contribution in [0.2, 0.25) is 0 Å². The molecule has 1 aromatic carbocycles. The second kappa shape index (κ2) is 11.1. The van der Waals surface area contributed by atoms with E-state index in [-0.39, 0.29) is 36.3 Å². The maximum Gasteiger partial charge on any atom is 0.247 e. The van der Waals surface area contributed by atoms with Crippen molar-refractivity contribution in [1.29, 1.82) is 0 Å². The normalized spacial score (nSPS) is 30.0. The molecule has 3 aliphatic rings.